The molecule has 94 valence electrons. The number of nitrogens with zero attached hydrogens (tertiary/aromatic N) is 2. The molecule has 6 heteroatoms. The average molecular weight is 255 g/mol. The highest BCUT2D eigenvalue weighted by Crippen LogP contribution is 2.17. The standard InChI is InChI=1S/C11H17N3O2S/c1-9-7-10(14(15)16)8-13-11(9)12-5-3-4-6-17-2/h7-8H,3-6H2,1-2H3,(H,12,13). The molecule has 0 atom stereocenters. The predicted molar refractivity (Wildman–Crippen MR) is 71.7 cm³/mol. The smallest absolute Gasteiger partial charge is 0.287 e. The fraction of sp³-hybridized carbons (Fsp3) is 0.545. The molecule has 0 aliphatic heterocycles. The van der Waals surface area contributed by atoms with Crippen molar-refractivity contribution >= 4 is 23.3 Å². The number of rotatable bonds is 7. The molecule has 5 nitrogen and oxygen atoms in total. The van der Waals surface area contributed by atoms with Crippen LogP contribution in [0.2, 0.25) is 0 Å². The van der Waals surface area contributed by atoms with Gasteiger partial charge in [0.25, 0.3) is 5.69 Å². The van der Waals surface area contributed by atoms with E-state index in [2.05, 4.69) is 16.6 Å². The minimum atomic E-state index is -0.428. The first-order valence-electron chi connectivity index (χ1n) is 5.49. The van der Waals surface area contributed by atoms with Crippen molar-refractivity contribution in [3.63, 3.8) is 0 Å². The first-order chi connectivity index (χ1) is 8.15. The third-order valence-corrected chi connectivity index (χ3v) is 3.04. The Labute approximate surface area is 105 Å². The number of aromatic nitrogens is 1. The van der Waals surface area contributed by atoms with Gasteiger partial charge in [0, 0.05) is 12.6 Å². The fourth-order valence-corrected chi connectivity index (χ4v) is 1.92. The second-order valence-corrected chi connectivity index (χ2v) is 4.73. The van der Waals surface area contributed by atoms with E-state index < -0.39 is 4.92 Å². The fourth-order valence-electron chi connectivity index (χ4n) is 1.42. The zero-order valence-electron chi connectivity index (χ0n) is 10.1. The summed E-state index contributed by atoms with van der Waals surface area (Å²) >= 11 is 1.84. The summed E-state index contributed by atoms with van der Waals surface area (Å²) in [6, 6.07) is 1.54. The van der Waals surface area contributed by atoms with E-state index in [4.69, 9.17) is 0 Å². The summed E-state index contributed by atoms with van der Waals surface area (Å²) in [5.41, 5.74) is 0.847. The number of hydrogen-bond acceptors (Lipinski definition) is 5. The summed E-state index contributed by atoms with van der Waals surface area (Å²) in [6.07, 6.45) is 5.63. The van der Waals surface area contributed by atoms with Gasteiger partial charge in [-0.3, -0.25) is 10.1 Å². The number of hydrogen-bond donors (Lipinski definition) is 1. The molecule has 0 fully saturated rings. The van der Waals surface area contributed by atoms with Crippen LogP contribution in [0.25, 0.3) is 0 Å². The van der Waals surface area contributed by atoms with Crippen molar-refractivity contribution in [1.29, 1.82) is 0 Å². The number of nitro groups is 1. The molecule has 0 aliphatic carbocycles. The second-order valence-electron chi connectivity index (χ2n) is 3.74. The summed E-state index contributed by atoms with van der Waals surface area (Å²) in [5.74, 6) is 1.90. The average Bonchev–Trinajstić information content (AvgIpc) is 2.30. The molecule has 17 heavy (non-hydrogen) atoms. The van der Waals surface area contributed by atoms with Crippen molar-refractivity contribution < 1.29 is 4.92 Å². The van der Waals surface area contributed by atoms with Crippen LogP contribution in [0.4, 0.5) is 11.5 Å². The van der Waals surface area contributed by atoms with Crippen molar-refractivity contribution in [2.45, 2.75) is 19.8 Å². The van der Waals surface area contributed by atoms with E-state index in [0.717, 1.165) is 30.1 Å². The Balaban J connectivity index is 2.46. The predicted octanol–water partition coefficient (Wildman–Crippen LogP) is 2.85. The van der Waals surface area contributed by atoms with Crippen LogP contribution in [0.3, 0.4) is 0 Å². The van der Waals surface area contributed by atoms with Crippen LogP contribution in [0.5, 0.6) is 0 Å². The van der Waals surface area contributed by atoms with Crippen LogP contribution in [0, 0.1) is 17.0 Å². The molecule has 0 aromatic carbocycles. The Kier molecular flexibility index (Phi) is 5.76. The minimum Gasteiger partial charge on any atom is -0.370 e. The molecule has 0 amide bonds. The molecule has 0 bridgehead atoms. The summed E-state index contributed by atoms with van der Waals surface area (Å²) in [6.45, 7) is 2.68. The Bertz CT molecular complexity index is 385. The molecular formula is C11H17N3O2S. The van der Waals surface area contributed by atoms with Crippen molar-refractivity contribution in [2.24, 2.45) is 0 Å². The number of thioether (sulfide) groups is 1. The molecule has 1 heterocycles. The van der Waals surface area contributed by atoms with Crippen LogP contribution in [0.15, 0.2) is 12.3 Å². The van der Waals surface area contributed by atoms with E-state index in [1.807, 2.05) is 18.7 Å². The van der Waals surface area contributed by atoms with E-state index in [-0.39, 0.29) is 5.69 Å². The van der Waals surface area contributed by atoms with Gasteiger partial charge >= 0.3 is 0 Å². The molecular weight excluding hydrogens is 238 g/mol. The van der Waals surface area contributed by atoms with Gasteiger partial charge in [0.05, 0.1) is 4.92 Å². The quantitative estimate of drug-likeness (QED) is 0.461. The van der Waals surface area contributed by atoms with Gasteiger partial charge in [-0.15, -0.1) is 0 Å². The molecule has 0 aliphatic rings. The number of anilines is 1. The van der Waals surface area contributed by atoms with Crippen LogP contribution in [-0.2, 0) is 0 Å². The molecule has 0 unspecified atom stereocenters. The Morgan fingerprint density at radius 1 is 1.53 bits per heavy atom. The summed E-state index contributed by atoms with van der Waals surface area (Å²) in [5, 5.41) is 13.7. The van der Waals surface area contributed by atoms with Gasteiger partial charge in [0.15, 0.2) is 0 Å². The highest BCUT2D eigenvalue weighted by atomic mass is 32.2. The molecule has 1 rings (SSSR count). The Hall–Kier alpha value is -1.30. The maximum atomic E-state index is 10.5. The number of aryl methyl sites for hydroxylation is 1. The van der Waals surface area contributed by atoms with Crippen LogP contribution >= 0.6 is 11.8 Å². The lowest BCUT2D eigenvalue weighted by Crippen LogP contribution is -2.05. The lowest BCUT2D eigenvalue weighted by molar-refractivity contribution is -0.385. The molecule has 0 radical (unpaired) electrons. The summed E-state index contributed by atoms with van der Waals surface area (Å²) < 4.78 is 0. The van der Waals surface area contributed by atoms with Gasteiger partial charge < -0.3 is 5.32 Å². The summed E-state index contributed by atoms with van der Waals surface area (Å²) in [7, 11) is 0. The number of nitrogens with one attached hydrogen (secondary N) is 1. The van der Waals surface area contributed by atoms with E-state index in [9.17, 15) is 10.1 Å². The lowest BCUT2D eigenvalue weighted by atomic mass is 10.2. The van der Waals surface area contributed by atoms with Crippen molar-refractivity contribution in [3.8, 4) is 0 Å². The zero-order chi connectivity index (χ0) is 12.7. The van der Waals surface area contributed by atoms with E-state index >= 15 is 0 Å². The molecule has 0 saturated heterocycles. The van der Waals surface area contributed by atoms with E-state index in [0.29, 0.717) is 0 Å². The number of pyridine rings is 1. The van der Waals surface area contributed by atoms with E-state index in [1.165, 1.54) is 18.7 Å². The van der Waals surface area contributed by atoms with Gasteiger partial charge in [-0.05, 0) is 37.3 Å². The normalized spacial score (nSPS) is 10.2. The molecule has 1 aromatic heterocycles. The third kappa shape index (κ3) is 4.60. The lowest BCUT2D eigenvalue weighted by Gasteiger charge is -2.07. The minimum absolute atomic E-state index is 0.0374. The van der Waals surface area contributed by atoms with Crippen LogP contribution in [-0.4, -0.2) is 28.5 Å². The molecule has 0 spiro atoms. The number of unbranched alkanes of at least 4 members (excludes halogenated alkanes) is 1. The first kappa shape index (κ1) is 13.8. The molecule has 0 saturated carbocycles. The van der Waals surface area contributed by atoms with Gasteiger partial charge in [-0.1, -0.05) is 0 Å². The highest BCUT2D eigenvalue weighted by molar-refractivity contribution is 7.98. The van der Waals surface area contributed by atoms with Crippen LogP contribution < -0.4 is 5.32 Å². The van der Waals surface area contributed by atoms with Gasteiger partial charge in [-0.25, -0.2) is 4.98 Å². The molecule has 1 aromatic rings. The van der Waals surface area contributed by atoms with E-state index in [1.54, 1.807) is 0 Å². The monoisotopic (exact) mass is 255 g/mol. The Morgan fingerprint density at radius 2 is 2.29 bits per heavy atom. The molecule has 1 N–H and O–H groups in total. The highest BCUT2D eigenvalue weighted by Gasteiger charge is 2.08. The topological polar surface area (TPSA) is 68.1 Å². The summed E-state index contributed by atoms with van der Waals surface area (Å²) in [4.78, 5) is 14.2. The van der Waals surface area contributed by atoms with Crippen molar-refractivity contribution in [2.75, 3.05) is 23.9 Å². The largest absolute Gasteiger partial charge is 0.370 e. The zero-order valence-corrected chi connectivity index (χ0v) is 10.9. The third-order valence-electron chi connectivity index (χ3n) is 2.34. The maximum absolute atomic E-state index is 10.5. The van der Waals surface area contributed by atoms with Gasteiger partial charge in [0.1, 0.15) is 12.0 Å². The van der Waals surface area contributed by atoms with Crippen molar-refractivity contribution in [1.82, 2.24) is 4.98 Å². The Morgan fingerprint density at radius 3 is 2.88 bits per heavy atom. The van der Waals surface area contributed by atoms with Crippen molar-refractivity contribution in [3.05, 3.63) is 27.9 Å². The van der Waals surface area contributed by atoms with Gasteiger partial charge in [-0.2, -0.15) is 11.8 Å². The van der Waals surface area contributed by atoms with Crippen LogP contribution in [0.1, 0.15) is 18.4 Å². The van der Waals surface area contributed by atoms with Gasteiger partial charge in [0.2, 0.25) is 0 Å². The SMILES string of the molecule is CSCCCCNc1ncc([N+](=O)[O-])cc1C. The first-order valence-corrected chi connectivity index (χ1v) is 6.88. The maximum Gasteiger partial charge on any atom is 0.287 e. The second kappa shape index (κ2) is 7.11.